The Morgan fingerprint density at radius 1 is 0.875 bits per heavy atom. The van der Waals surface area contributed by atoms with Crippen LogP contribution in [-0.4, -0.2) is 15.0 Å². The molecule has 24 heavy (non-hydrogen) atoms. The first kappa shape index (κ1) is 14.5. The second-order valence-corrected chi connectivity index (χ2v) is 5.76. The van der Waals surface area contributed by atoms with Gasteiger partial charge in [-0.2, -0.15) is 0 Å². The molecular formula is C20H18N4. The van der Waals surface area contributed by atoms with Gasteiger partial charge in [-0.05, 0) is 37.3 Å². The summed E-state index contributed by atoms with van der Waals surface area (Å²) >= 11 is 0. The fourth-order valence-corrected chi connectivity index (χ4v) is 3.11. The lowest BCUT2D eigenvalue weighted by Crippen LogP contribution is -2.15. The van der Waals surface area contributed by atoms with Gasteiger partial charge in [0, 0.05) is 34.6 Å². The van der Waals surface area contributed by atoms with Gasteiger partial charge in [0.25, 0.3) is 0 Å². The zero-order chi connectivity index (χ0) is 16.4. The Morgan fingerprint density at radius 2 is 1.62 bits per heavy atom. The first-order valence-electron chi connectivity index (χ1n) is 7.98. The van der Waals surface area contributed by atoms with Crippen molar-refractivity contribution in [1.29, 1.82) is 0 Å². The summed E-state index contributed by atoms with van der Waals surface area (Å²) in [5.41, 5.74) is 4.44. The second kappa shape index (κ2) is 6.16. The van der Waals surface area contributed by atoms with Crippen molar-refractivity contribution in [3.05, 3.63) is 90.0 Å². The van der Waals surface area contributed by atoms with E-state index >= 15 is 0 Å². The average Bonchev–Trinajstić information content (AvgIpc) is 2.97. The van der Waals surface area contributed by atoms with Gasteiger partial charge in [0.1, 0.15) is 5.82 Å². The van der Waals surface area contributed by atoms with E-state index in [-0.39, 0.29) is 6.04 Å². The Morgan fingerprint density at radius 3 is 2.38 bits per heavy atom. The highest BCUT2D eigenvalue weighted by molar-refractivity contribution is 5.86. The maximum absolute atomic E-state index is 4.57. The third-order valence-electron chi connectivity index (χ3n) is 4.17. The van der Waals surface area contributed by atoms with Crippen molar-refractivity contribution in [1.82, 2.24) is 15.0 Å². The molecule has 1 atom stereocenters. The number of hydrogen-bond donors (Lipinski definition) is 2. The quantitative estimate of drug-likeness (QED) is 0.584. The molecule has 0 radical (unpaired) electrons. The zero-order valence-corrected chi connectivity index (χ0v) is 13.4. The van der Waals surface area contributed by atoms with Gasteiger partial charge >= 0.3 is 0 Å². The van der Waals surface area contributed by atoms with Gasteiger partial charge < -0.3 is 10.3 Å². The molecule has 118 valence electrons. The number of fused-ring (bicyclic) bond motifs is 1. The fraction of sp³-hybridized carbons (Fsp3) is 0.100. The van der Waals surface area contributed by atoms with Crippen LogP contribution in [0.5, 0.6) is 0 Å². The lowest BCUT2D eigenvalue weighted by Gasteiger charge is -2.20. The van der Waals surface area contributed by atoms with Gasteiger partial charge in [0.2, 0.25) is 0 Å². The Balaban J connectivity index is 1.87. The third kappa shape index (κ3) is 2.63. The van der Waals surface area contributed by atoms with Gasteiger partial charge in [-0.15, -0.1) is 0 Å². The molecule has 3 heterocycles. The molecule has 0 spiro atoms. The third-order valence-corrected chi connectivity index (χ3v) is 4.17. The number of H-pyrrole nitrogens is 1. The first-order valence-corrected chi connectivity index (χ1v) is 7.98. The molecule has 4 nitrogen and oxygen atoms in total. The molecular weight excluding hydrogens is 296 g/mol. The van der Waals surface area contributed by atoms with Crippen LogP contribution in [0, 0.1) is 6.92 Å². The van der Waals surface area contributed by atoms with Crippen LogP contribution in [0.1, 0.15) is 23.0 Å². The van der Waals surface area contributed by atoms with E-state index in [2.05, 4.69) is 45.4 Å². The van der Waals surface area contributed by atoms with Crippen molar-refractivity contribution in [2.24, 2.45) is 0 Å². The molecule has 0 aliphatic carbocycles. The van der Waals surface area contributed by atoms with Crippen LogP contribution in [0.2, 0.25) is 0 Å². The van der Waals surface area contributed by atoms with Crippen LogP contribution in [-0.2, 0) is 0 Å². The highest BCUT2D eigenvalue weighted by Gasteiger charge is 2.22. The molecule has 4 aromatic rings. The Labute approximate surface area is 140 Å². The van der Waals surface area contributed by atoms with Crippen molar-refractivity contribution in [3.63, 3.8) is 0 Å². The molecule has 0 aliphatic rings. The first-order chi connectivity index (χ1) is 11.8. The molecule has 3 aromatic heterocycles. The minimum atomic E-state index is -0.0720. The number of aromatic amines is 1. The molecule has 0 aliphatic heterocycles. The van der Waals surface area contributed by atoms with E-state index in [0.29, 0.717) is 0 Å². The summed E-state index contributed by atoms with van der Waals surface area (Å²) < 4.78 is 0. The summed E-state index contributed by atoms with van der Waals surface area (Å²) in [6.45, 7) is 2.10. The molecule has 0 fully saturated rings. The van der Waals surface area contributed by atoms with Gasteiger partial charge in [0.05, 0.1) is 11.7 Å². The van der Waals surface area contributed by atoms with Crippen LogP contribution in [0.15, 0.2) is 73.1 Å². The summed E-state index contributed by atoms with van der Waals surface area (Å²) in [6.07, 6.45) is 3.62. The smallest absolute Gasteiger partial charge is 0.126 e. The number of aryl methyl sites for hydroxylation is 1. The fourth-order valence-electron chi connectivity index (χ4n) is 3.11. The number of nitrogens with zero attached hydrogens (tertiary/aromatic N) is 2. The molecule has 0 amide bonds. The number of benzene rings is 1. The van der Waals surface area contributed by atoms with E-state index in [1.54, 1.807) is 6.20 Å². The summed E-state index contributed by atoms with van der Waals surface area (Å²) in [5.74, 6) is 0.831. The highest BCUT2D eigenvalue weighted by atomic mass is 15.0. The number of nitrogens with one attached hydrogen (secondary N) is 2. The number of anilines is 1. The van der Waals surface area contributed by atoms with Crippen LogP contribution in [0.3, 0.4) is 0 Å². The Bertz CT molecular complexity index is 945. The van der Waals surface area contributed by atoms with E-state index in [1.165, 1.54) is 10.9 Å². The predicted molar refractivity (Wildman–Crippen MR) is 97.0 cm³/mol. The Kier molecular flexibility index (Phi) is 3.71. The van der Waals surface area contributed by atoms with E-state index in [9.17, 15) is 0 Å². The SMILES string of the molecule is Cc1[nH]c2ccccc2c1C(Nc1ccccn1)c1ccccn1. The van der Waals surface area contributed by atoms with Crippen molar-refractivity contribution in [2.75, 3.05) is 5.32 Å². The largest absolute Gasteiger partial charge is 0.358 e. The minimum absolute atomic E-state index is 0.0720. The van der Waals surface area contributed by atoms with Crippen molar-refractivity contribution in [3.8, 4) is 0 Å². The highest BCUT2D eigenvalue weighted by Crippen LogP contribution is 2.33. The lowest BCUT2D eigenvalue weighted by molar-refractivity contribution is 0.875. The normalized spacial score (nSPS) is 12.2. The van der Waals surface area contributed by atoms with Gasteiger partial charge in [-0.1, -0.05) is 30.3 Å². The molecule has 4 rings (SSSR count). The zero-order valence-electron chi connectivity index (χ0n) is 13.4. The maximum atomic E-state index is 4.57. The van der Waals surface area contributed by atoms with Gasteiger partial charge in [-0.3, -0.25) is 4.98 Å². The minimum Gasteiger partial charge on any atom is -0.358 e. The van der Waals surface area contributed by atoms with Gasteiger partial charge in [0.15, 0.2) is 0 Å². The second-order valence-electron chi connectivity index (χ2n) is 5.76. The van der Waals surface area contributed by atoms with Crippen molar-refractivity contribution in [2.45, 2.75) is 13.0 Å². The number of rotatable bonds is 4. The van der Waals surface area contributed by atoms with Crippen molar-refractivity contribution >= 4 is 16.7 Å². The van der Waals surface area contributed by atoms with E-state index < -0.39 is 0 Å². The Hall–Kier alpha value is -3.14. The maximum Gasteiger partial charge on any atom is 0.126 e. The van der Waals surface area contributed by atoms with E-state index in [0.717, 1.165) is 22.7 Å². The molecule has 0 saturated carbocycles. The average molecular weight is 314 g/mol. The van der Waals surface area contributed by atoms with Crippen LogP contribution >= 0.6 is 0 Å². The van der Waals surface area contributed by atoms with Crippen LogP contribution in [0.4, 0.5) is 5.82 Å². The van der Waals surface area contributed by atoms with E-state index in [1.807, 2.05) is 48.7 Å². The lowest BCUT2D eigenvalue weighted by atomic mass is 9.99. The number of pyridine rings is 2. The topological polar surface area (TPSA) is 53.6 Å². The summed E-state index contributed by atoms with van der Waals surface area (Å²) in [5, 5.41) is 4.74. The number of hydrogen-bond acceptors (Lipinski definition) is 3. The molecule has 0 saturated heterocycles. The number of aromatic nitrogens is 3. The molecule has 1 aromatic carbocycles. The van der Waals surface area contributed by atoms with Gasteiger partial charge in [-0.25, -0.2) is 4.98 Å². The summed E-state index contributed by atoms with van der Waals surface area (Å²) in [6, 6.07) is 20.1. The van der Waals surface area contributed by atoms with Crippen LogP contribution < -0.4 is 5.32 Å². The molecule has 1 unspecified atom stereocenters. The molecule has 4 heteroatoms. The predicted octanol–water partition coefficient (Wildman–Crippen LogP) is 4.47. The van der Waals surface area contributed by atoms with Crippen LogP contribution in [0.25, 0.3) is 10.9 Å². The molecule has 2 N–H and O–H groups in total. The van der Waals surface area contributed by atoms with Crippen molar-refractivity contribution < 1.29 is 0 Å². The number of para-hydroxylation sites is 1. The standard InChI is InChI=1S/C20H18N4/c1-14-19(15-8-2-3-9-16(15)23-14)20(17-10-4-6-12-21-17)24-18-11-5-7-13-22-18/h2-13,20,23H,1H3,(H,22,24). The summed E-state index contributed by atoms with van der Waals surface area (Å²) in [7, 11) is 0. The monoisotopic (exact) mass is 314 g/mol. The van der Waals surface area contributed by atoms with E-state index in [4.69, 9.17) is 0 Å². The molecule has 0 bridgehead atoms. The summed E-state index contributed by atoms with van der Waals surface area (Å²) in [4.78, 5) is 12.5.